The average molecular weight is 210 g/mol. The molecule has 0 aromatic heterocycles. The molecule has 0 aromatic carbocycles. The van der Waals surface area contributed by atoms with Crippen molar-refractivity contribution in [1.29, 1.82) is 5.26 Å². The van der Waals surface area contributed by atoms with Crippen LogP contribution in [0.4, 0.5) is 0 Å². The van der Waals surface area contributed by atoms with Gasteiger partial charge in [0.25, 0.3) is 0 Å². The largest absolute Gasteiger partial charge is 0.383 e. The SMILES string of the molecule is COCCNC1(C#N)CCCCC1(C)C. The highest BCUT2D eigenvalue weighted by molar-refractivity contribution is 5.16. The van der Waals surface area contributed by atoms with Crippen molar-refractivity contribution < 1.29 is 4.74 Å². The fourth-order valence-electron chi connectivity index (χ4n) is 2.45. The Morgan fingerprint density at radius 3 is 2.53 bits per heavy atom. The molecule has 1 N–H and O–H groups in total. The first-order valence-electron chi connectivity index (χ1n) is 5.73. The minimum Gasteiger partial charge on any atom is -0.383 e. The molecule has 1 aliphatic carbocycles. The van der Waals surface area contributed by atoms with E-state index in [1.54, 1.807) is 7.11 Å². The molecule has 1 rings (SSSR count). The van der Waals surface area contributed by atoms with E-state index in [0.29, 0.717) is 6.61 Å². The van der Waals surface area contributed by atoms with Crippen LogP contribution in [0.5, 0.6) is 0 Å². The van der Waals surface area contributed by atoms with Gasteiger partial charge in [-0.3, -0.25) is 5.32 Å². The molecule has 15 heavy (non-hydrogen) atoms. The Kier molecular flexibility index (Phi) is 4.12. The van der Waals surface area contributed by atoms with Crippen molar-refractivity contribution in [1.82, 2.24) is 5.32 Å². The summed E-state index contributed by atoms with van der Waals surface area (Å²) in [6.07, 6.45) is 4.47. The first kappa shape index (κ1) is 12.5. The van der Waals surface area contributed by atoms with Gasteiger partial charge in [0.1, 0.15) is 5.54 Å². The minimum atomic E-state index is -0.357. The molecule has 0 aliphatic heterocycles. The molecule has 0 spiro atoms. The molecule has 1 atom stereocenters. The molecular weight excluding hydrogens is 188 g/mol. The maximum Gasteiger partial charge on any atom is 0.111 e. The van der Waals surface area contributed by atoms with Gasteiger partial charge in [-0.15, -0.1) is 0 Å². The summed E-state index contributed by atoms with van der Waals surface area (Å²) in [5, 5.41) is 12.8. The van der Waals surface area contributed by atoms with Gasteiger partial charge in [-0.2, -0.15) is 5.26 Å². The normalized spacial score (nSPS) is 29.7. The molecule has 0 amide bonds. The van der Waals surface area contributed by atoms with E-state index in [1.807, 2.05) is 0 Å². The quantitative estimate of drug-likeness (QED) is 0.723. The molecule has 1 aliphatic rings. The van der Waals surface area contributed by atoms with E-state index in [2.05, 4.69) is 25.2 Å². The zero-order valence-electron chi connectivity index (χ0n) is 10.1. The molecule has 1 unspecified atom stereocenters. The van der Waals surface area contributed by atoms with E-state index < -0.39 is 0 Å². The van der Waals surface area contributed by atoms with Gasteiger partial charge in [-0.05, 0) is 18.3 Å². The van der Waals surface area contributed by atoms with Crippen LogP contribution in [-0.2, 0) is 4.74 Å². The van der Waals surface area contributed by atoms with Gasteiger partial charge in [0.2, 0.25) is 0 Å². The predicted molar refractivity (Wildman–Crippen MR) is 60.5 cm³/mol. The van der Waals surface area contributed by atoms with Crippen LogP contribution in [0.1, 0.15) is 39.5 Å². The number of hydrogen-bond donors (Lipinski definition) is 1. The van der Waals surface area contributed by atoms with Crippen LogP contribution < -0.4 is 5.32 Å². The van der Waals surface area contributed by atoms with E-state index in [1.165, 1.54) is 6.42 Å². The number of rotatable bonds is 4. The summed E-state index contributed by atoms with van der Waals surface area (Å²) >= 11 is 0. The van der Waals surface area contributed by atoms with Crippen molar-refractivity contribution in [3.05, 3.63) is 0 Å². The number of methoxy groups -OCH3 is 1. The van der Waals surface area contributed by atoms with Gasteiger partial charge in [0.05, 0.1) is 12.7 Å². The van der Waals surface area contributed by atoms with Gasteiger partial charge in [-0.1, -0.05) is 26.7 Å². The summed E-state index contributed by atoms with van der Waals surface area (Å²) in [4.78, 5) is 0. The van der Waals surface area contributed by atoms with Crippen LogP contribution in [0, 0.1) is 16.7 Å². The summed E-state index contributed by atoms with van der Waals surface area (Å²) in [5.74, 6) is 0. The molecule has 3 nitrogen and oxygen atoms in total. The third-order valence-electron chi connectivity index (χ3n) is 3.68. The van der Waals surface area contributed by atoms with Gasteiger partial charge >= 0.3 is 0 Å². The minimum absolute atomic E-state index is 0.0632. The lowest BCUT2D eigenvalue weighted by molar-refractivity contribution is 0.0976. The fraction of sp³-hybridized carbons (Fsp3) is 0.917. The number of nitrogens with one attached hydrogen (secondary N) is 1. The standard InChI is InChI=1S/C12H22N2O/c1-11(2)6-4-5-7-12(11,10-13)14-8-9-15-3/h14H,4-9H2,1-3H3. The number of ether oxygens (including phenoxy) is 1. The van der Waals surface area contributed by atoms with E-state index in [9.17, 15) is 5.26 Å². The summed E-state index contributed by atoms with van der Waals surface area (Å²) in [7, 11) is 1.69. The molecule has 86 valence electrons. The second-order valence-corrected chi connectivity index (χ2v) is 5.03. The van der Waals surface area contributed by atoms with Crippen LogP contribution in [0.25, 0.3) is 0 Å². The highest BCUT2D eigenvalue weighted by Gasteiger charge is 2.46. The zero-order chi connectivity index (χ0) is 11.4. The highest BCUT2D eigenvalue weighted by Crippen LogP contribution is 2.43. The van der Waals surface area contributed by atoms with Gasteiger partial charge < -0.3 is 4.74 Å². The van der Waals surface area contributed by atoms with Crippen molar-refractivity contribution in [3.8, 4) is 6.07 Å². The van der Waals surface area contributed by atoms with Gasteiger partial charge in [0, 0.05) is 13.7 Å². The number of nitriles is 1. The van der Waals surface area contributed by atoms with Crippen LogP contribution >= 0.6 is 0 Å². The lowest BCUT2D eigenvalue weighted by Crippen LogP contribution is -2.57. The Labute approximate surface area is 92.8 Å². The topological polar surface area (TPSA) is 45.0 Å². The summed E-state index contributed by atoms with van der Waals surface area (Å²) < 4.78 is 5.02. The Bertz CT molecular complexity index is 244. The van der Waals surface area contributed by atoms with E-state index >= 15 is 0 Å². The monoisotopic (exact) mass is 210 g/mol. The number of nitrogens with zero attached hydrogens (tertiary/aromatic N) is 1. The molecule has 1 fully saturated rings. The van der Waals surface area contributed by atoms with Crippen LogP contribution in [0.2, 0.25) is 0 Å². The van der Waals surface area contributed by atoms with Gasteiger partial charge in [0.15, 0.2) is 0 Å². The van der Waals surface area contributed by atoms with Crippen LogP contribution in [-0.4, -0.2) is 25.8 Å². The van der Waals surface area contributed by atoms with E-state index in [0.717, 1.165) is 25.8 Å². The third kappa shape index (κ3) is 2.50. The summed E-state index contributed by atoms with van der Waals surface area (Å²) in [5.41, 5.74) is -0.294. The van der Waals surface area contributed by atoms with Crippen LogP contribution in [0.15, 0.2) is 0 Å². The zero-order valence-corrected chi connectivity index (χ0v) is 10.1. The van der Waals surface area contributed by atoms with Gasteiger partial charge in [-0.25, -0.2) is 0 Å². The maximum absolute atomic E-state index is 9.42. The first-order chi connectivity index (χ1) is 7.08. The second kappa shape index (κ2) is 4.96. The number of hydrogen-bond acceptors (Lipinski definition) is 3. The molecule has 0 radical (unpaired) electrons. The van der Waals surface area contributed by atoms with Crippen molar-refractivity contribution >= 4 is 0 Å². The van der Waals surface area contributed by atoms with Crippen LogP contribution in [0.3, 0.4) is 0 Å². The smallest absolute Gasteiger partial charge is 0.111 e. The maximum atomic E-state index is 9.42. The molecule has 0 bridgehead atoms. The van der Waals surface area contributed by atoms with Crippen molar-refractivity contribution in [2.45, 2.75) is 45.1 Å². The third-order valence-corrected chi connectivity index (χ3v) is 3.68. The fourth-order valence-corrected chi connectivity index (χ4v) is 2.45. The van der Waals surface area contributed by atoms with Crippen molar-refractivity contribution in [2.24, 2.45) is 5.41 Å². The molecule has 0 heterocycles. The summed E-state index contributed by atoms with van der Waals surface area (Å²) in [6, 6.07) is 2.50. The lowest BCUT2D eigenvalue weighted by Gasteiger charge is -2.46. The van der Waals surface area contributed by atoms with E-state index in [4.69, 9.17) is 4.74 Å². The highest BCUT2D eigenvalue weighted by atomic mass is 16.5. The molecule has 0 saturated heterocycles. The first-order valence-corrected chi connectivity index (χ1v) is 5.73. The Morgan fingerprint density at radius 2 is 2.00 bits per heavy atom. The average Bonchev–Trinajstić information content (AvgIpc) is 2.21. The Hall–Kier alpha value is -0.590. The molecule has 0 aromatic rings. The second-order valence-electron chi connectivity index (χ2n) is 5.03. The molecule has 3 heteroatoms. The lowest BCUT2D eigenvalue weighted by atomic mass is 9.64. The van der Waals surface area contributed by atoms with Crippen molar-refractivity contribution in [3.63, 3.8) is 0 Å². The van der Waals surface area contributed by atoms with Crippen molar-refractivity contribution in [2.75, 3.05) is 20.3 Å². The van der Waals surface area contributed by atoms with E-state index in [-0.39, 0.29) is 11.0 Å². The Balaban J connectivity index is 2.68. The summed E-state index contributed by atoms with van der Waals surface area (Å²) in [6.45, 7) is 5.80. The molecular formula is C12H22N2O. The predicted octanol–water partition coefficient (Wildman–Crippen LogP) is 2.08. The Morgan fingerprint density at radius 1 is 1.33 bits per heavy atom. The molecule has 1 saturated carbocycles.